The van der Waals surface area contributed by atoms with E-state index in [1.807, 2.05) is 26.8 Å². The van der Waals surface area contributed by atoms with Gasteiger partial charge < -0.3 is 9.47 Å². The van der Waals surface area contributed by atoms with Gasteiger partial charge in [0.2, 0.25) is 0 Å². The average Bonchev–Trinajstić information content (AvgIpc) is 2.20. The molecule has 0 radical (unpaired) electrons. The van der Waals surface area contributed by atoms with Crippen LogP contribution in [0.15, 0.2) is 18.2 Å². The second kappa shape index (κ2) is 5.26. The van der Waals surface area contributed by atoms with Crippen LogP contribution in [0, 0.1) is 11.3 Å². The van der Waals surface area contributed by atoms with Crippen molar-refractivity contribution in [3.63, 3.8) is 0 Å². The van der Waals surface area contributed by atoms with Gasteiger partial charge in [0.05, 0.1) is 18.3 Å². The standard InChI is InChI=1S/C12H15NO2/c1-4-14-12-10(8-13)6-5-7-11(12)15-9(2)3/h5-7,9H,4H2,1-3H3. The molecular formula is C12H15NO2. The maximum absolute atomic E-state index is 8.92. The number of nitrogens with zero attached hydrogens (tertiary/aromatic N) is 1. The third-order valence-electron chi connectivity index (χ3n) is 1.75. The van der Waals surface area contributed by atoms with E-state index >= 15 is 0 Å². The van der Waals surface area contributed by atoms with Crippen LogP contribution in [0.2, 0.25) is 0 Å². The van der Waals surface area contributed by atoms with Crippen molar-refractivity contribution < 1.29 is 9.47 Å². The predicted molar refractivity (Wildman–Crippen MR) is 58.1 cm³/mol. The van der Waals surface area contributed by atoms with E-state index in [0.717, 1.165) is 0 Å². The van der Waals surface area contributed by atoms with Crippen molar-refractivity contribution in [1.29, 1.82) is 5.26 Å². The van der Waals surface area contributed by atoms with E-state index in [0.29, 0.717) is 23.7 Å². The summed E-state index contributed by atoms with van der Waals surface area (Å²) < 4.78 is 11.0. The zero-order chi connectivity index (χ0) is 11.3. The molecule has 0 amide bonds. The third-order valence-corrected chi connectivity index (χ3v) is 1.75. The Morgan fingerprint density at radius 3 is 2.67 bits per heavy atom. The summed E-state index contributed by atoms with van der Waals surface area (Å²) in [6.45, 7) is 6.28. The van der Waals surface area contributed by atoms with Gasteiger partial charge in [0.25, 0.3) is 0 Å². The Balaban J connectivity index is 3.08. The molecule has 1 rings (SSSR count). The Morgan fingerprint density at radius 2 is 2.13 bits per heavy atom. The van der Waals surface area contributed by atoms with Crippen LogP contribution in [-0.2, 0) is 0 Å². The molecule has 0 spiro atoms. The molecule has 0 aliphatic carbocycles. The molecule has 80 valence electrons. The molecule has 0 aliphatic heterocycles. The molecule has 0 fully saturated rings. The molecule has 0 heterocycles. The molecule has 0 aliphatic rings. The quantitative estimate of drug-likeness (QED) is 0.759. The Kier molecular flexibility index (Phi) is 3.99. The van der Waals surface area contributed by atoms with E-state index in [4.69, 9.17) is 14.7 Å². The SMILES string of the molecule is CCOc1c(C#N)cccc1OC(C)C. The van der Waals surface area contributed by atoms with Gasteiger partial charge in [-0.05, 0) is 32.9 Å². The molecule has 0 bridgehead atoms. The maximum atomic E-state index is 8.92. The average molecular weight is 205 g/mol. The molecule has 3 heteroatoms. The molecule has 1 aromatic rings. The van der Waals surface area contributed by atoms with Gasteiger partial charge in [-0.25, -0.2) is 0 Å². The fourth-order valence-corrected chi connectivity index (χ4v) is 1.24. The van der Waals surface area contributed by atoms with Crippen LogP contribution in [0.4, 0.5) is 0 Å². The van der Waals surface area contributed by atoms with Gasteiger partial charge in [-0.1, -0.05) is 6.07 Å². The summed E-state index contributed by atoms with van der Waals surface area (Å²) in [5.74, 6) is 1.17. The van der Waals surface area contributed by atoms with Gasteiger partial charge in [0.15, 0.2) is 11.5 Å². The zero-order valence-corrected chi connectivity index (χ0v) is 9.28. The van der Waals surface area contributed by atoms with E-state index < -0.39 is 0 Å². The minimum absolute atomic E-state index is 0.0677. The first-order chi connectivity index (χ1) is 7.19. The normalized spacial score (nSPS) is 9.80. The highest BCUT2D eigenvalue weighted by molar-refractivity contribution is 5.52. The molecule has 0 atom stereocenters. The van der Waals surface area contributed by atoms with Crippen molar-refractivity contribution in [2.75, 3.05) is 6.61 Å². The monoisotopic (exact) mass is 205 g/mol. The Morgan fingerprint density at radius 1 is 1.40 bits per heavy atom. The van der Waals surface area contributed by atoms with Crippen LogP contribution in [0.5, 0.6) is 11.5 Å². The molecular weight excluding hydrogens is 190 g/mol. The minimum atomic E-state index is 0.0677. The summed E-state index contributed by atoms with van der Waals surface area (Å²) in [7, 11) is 0. The lowest BCUT2D eigenvalue weighted by Gasteiger charge is -2.14. The number of rotatable bonds is 4. The predicted octanol–water partition coefficient (Wildman–Crippen LogP) is 2.74. The Bertz CT molecular complexity index is 366. The molecule has 0 N–H and O–H groups in total. The lowest BCUT2D eigenvalue weighted by atomic mass is 10.2. The topological polar surface area (TPSA) is 42.2 Å². The van der Waals surface area contributed by atoms with Gasteiger partial charge in [0, 0.05) is 0 Å². The number of nitriles is 1. The van der Waals surface area contributed by atoms with Gasteiger partial charge >= 0.3 is 0 Å². The molecule has 0 saturated carbocycles. The molecule has 1 aromatic carbocycles. The first kappa shape index (κ1) is 11.4. The first-order valence-electron chi connectivity index (χ1n) is 5.01. The Labute approximate surface area is 90.2 Å². The lowest BCUT2D eigenvalue weighted by molar-refractivity contribution is 0.223. The van der Waals surface area contributed by atoms with E-state index in [1.54, 1.807) is 12.1 Å². The molecule has 3 nitrogen and oxygen atoms in total. The lowest BCUT2D eigenvalue weighted by Crippen LogP contribution is -2.08. The summed E-state index contributed by atoms with van der Waals surface area (Å²) in [5, 5.41) is 8.92. The summed E-state index contributed by atoms with van der Waals surface area (Å²) >= 11 is 0. The van der Waals surface area contributed by atoms with Crippen LogP contribution in [-0.4, -0.2) is 12.7 Å². The third kappa shape index (κ3) is 2.88. The number of para-hydroxylation sites is 1. The largest absolute Gasteiger partial charge is 0.489 e. The van der Waals surface area contributed by atoms with Crippen LogP contribution < -0.4 is 9.47 Å². The van der Waals surface area contributed by atoms with Crippen molar-refractivity contribution in [2.45, 2.75) is 26.9 Å². The first-order valence-corrected chi connectivity index (χ1v) is 5.01. The molecule has 0 aromatic heterocycles. The molecule has 0 unspecified atom stereocenters. The summed E-state index contributed by atoms with van der Waals surface area (Å²) in [5.41, 5.74) is 0.509. The zero-order valence-electron chi connectivity index (χ0n) is 9.28. The summed E-state index contributed by atoms with van der Waals surface area (Å²) in [6, 6.07) is 7.41. The maximum Gasteiger partial charge on any atom is 0.178 e. The highest BCUT2D eigenvalue weighted by Gasteiger charge is 2.11. The summed E-state index contributed by atoms with van der Waals surface area (Å²) in [4.78, 5) is 0. The van der Waals surface area contributed by atoms with Crippen LogP contribution in [0.25, 0.3) is 0 Å². The molecule has 15 heavy (non-hydrogen) atoms. The number of benzene rings is 1. The Hall–Kier alpha value is -1.69. The van der Waals surface area contributed by atoms with Crippen LogP contribution in [0.1, 0.15) is 26.3 Å². The highest BCUT2D eigenvalue weighted by Crippen LogP contribution is 2.31. The van der Waals surface area contributed by atoms with Gasteiger partial charge in [-0.3, -0.25) is 0 Å². The highest BCUT2D eigenvalue weighted by atomic mass is 16.5. The van der Waals surface area contributed by atoms with Crippen molar-refractivity contribution in [3.8, 4) is 17.6 Å². The fourth-order valence-electron chi connectivity index (χ4n) is 1.24. The smallest absolute Gasteiger partial charge is 0.178 e. The number of hydrogen-bond donors (Lipinski definition) is 0. The van der Waals surface area contributed by atoms with E-state index in [-0.39, 0.29) is 6.10 Å². The van der Waals surface area contributed by atoms with Crippen LogP contribution in [0.3, 0.4) is 0 Å². The van der Waals surface area contributed by atoms with Crippen molar-refractivity contribution in [3.05, 3.63) is 23.8 Å². The van der Waals surface area contributed by atoms with Crippen molar-refractivity contribution in [1.82, 2.24) is 0 Å². The van der Waals surface area contributed by atoms with E-state index in [2.05, 4.69) is 6.07 Å². The van der Waals surface area contributed by atoms with Crippen LogP contribution >= 0.6 is 0 Å². The number of ether oxygens (including phenoxy) is 2. The van der Waals surface area contributed by atoms with E-state index in [9.17, 15) is 0 Å². The van der Waals surface area contributed by atoms with Crippen molar-refractivity contribution in [2.24, 2.45) is 0 Å². The fraction of sp³-hybridized carbons (Fsp3) is 0.417. The second-order valence-electron chi connectivity index (χ2n) is 3.34. The summed E-state index contributed by atoms with van der Waals surface area (Å²) in [6.07, 6.45) is 0.0677. The minimum Gasteiger partial charge on any atom is -0.489 e. The van der Waals surface area contributed by atoms with E-state index in [1.165, 1.54) is 0 Å². The molecule has 0 saturated heterocycles. The van der Waals surface area contributed by atoms with Gasteiger partial charge in [0.1, 0.15) is 6.07 Å². The van der Waals surface area contributed by atoms with Gasteiger partial charge in [-0.15, -0.1) is 0 Å². The number of hydrogen-bond acceptors (Lipinski definition) is 3. The second-order valence-corrected chi connectivity index (χ2v) is 3.34. The van der Waals surface area contributed by atoms with Crippen molar-refractivity contribution >= 4 is 0 Å². The van der Waals surface area contributed by atoms with Gasteiger partial charge in [-0.2, -0.15) is 5.26 Å².